The highest BCUT2D eigenvalue weighted by atomic mass is 16.2. The molecule has 1 fully saturated rings. The molecule has 20 heavy (non-hydrogen) atoms. The first-order valence-electron chi connectivity index (χ1n) is 7.25. The van der Waals surface area contributed by atoms with Gasteiger partial charge in [-0.15, -0.1) is 0 Å². The zero-order valence-corrected chi connectivity index (χ0v) is 12.1. The van der Waals surface area contributed by atoms with Gasteiger partial charge < -0.3 is 10.2 Å². The largest absolute Gasteiger partial charge is 0.344 e. The van der Waals surface area contributed by atoms with Crippen LogP contribution in [0.1, 0.15) is 32.3 Å². The Balaban J connectivity index is 2.09. The highest BCUT2D eigenvalue weighted by Crippen LogP contribution is 2.14. The fourth-order valence-electron chi connectivity index (χ4n) is 2.64. The summed E-state index contributed by atoms with van der Waals surface area (Å²) in [6, 6.07) is 9.87. The minimum absolute atomic E-state index is 0.0281. The average molecular weight is 274 g/mol. The summed E-state index contributed by atoms with van der Waals surface area (Å²) >= 11 is 0. The lowest BCUT2D eigenvalue weighted by Crippen LogP contribution is -2.48. The van der Waals surface area contributed by atoms with Crippen molar-refractivity contribution in [1.82, 2.24) is 10.2 Å². The molecule has 0 aliphatic carbocycles. The number of hydrogen-bond acceptors (Lipinski definition) is 2. The predicted molar refractivity (Wildman–Crippen MR) is 78.2 cm³/mol. The van der Waals surface area contributed by atoms with Crippen LogP contribution in [-0.2, 0) is 16.0 Å². The van der Waals surface area contributed by atoms with Crippen molar-refractivity contribution in [3.05, 3.63) is 35.9 Å². The van der Waals surface area contributed by atoms with Crippen LogP contribution in [-0.4, -0.2) is 35.3 Å². The Morgan fingerprint density at radius 1 is 1.30 bits per heavy atom. The highest BCUT2D eigenvalue weighted by molar-refractivity contribution is 5.90. The lowest BCUT2D eigenvalue weighted by atomic mass is 10.0. The smallest absolute Gasteiger partial charge is 0.245 e. The molecular weight excluding hydrogens is 252 g/mol. The predicted octanol–water partition coefficient (Wildman–Crippen LogP) is 1.74. The molecule has 2 rings (SSSR count). The van der Waals surface area contributed by atoms with Crippen LogP contribution in [0.3, 0.4) is 0 Å². The first-order chi connectivity index (χ1) is 9.61. The monoisotopic (exact) mass is 274 g/mol. The van der Waals surface area contributed by atoms with Gasteiger partial charge in [-0.25, -0.2) is 0 Å². The lowest BCUT2D eigenvalue weighted by Gasteiger charge is -2.29. The van der Waals surface area contributed by atoms with E-state index in [9.17, 15) is 9.59 Å². The Kier molecular flexibility index (Phi) is 4.77. The summed E-state index contributed by atoms with van der Waals surface area (Å²) in [6.07, 6.45) is 1.84. The second kappa shape index (κ2) is 6.55. The Hall–Kier alpha value is -1.84. The SMILES string of the molecule is CCC1NC(=O)CCN(C(C)Cc2ccccc2)C1=O. The number of nitrogens with one attached hydrogen (secondary N) is 1. The molecule has 0 radical (unpaired) electrons. The lowest BCUT2D eigenvalue weighted by molar-refractivity contribution is -0.135. The third-order valence-corrected chi connectivity index (χ3v) is 3.81. The van der Waals surface area contributed by atoms with Gasteiger partial charge in [-0.2, -0.15) is 0 Å². The Bertz CT molecular complexity index is 473. The maximum absolute atomic E-state index is 12.5. The second-order valence-corrected chi connectivity index (χ2v) is 5.35. The molecule has 0 bridgehead atoms. The van der Waals surface area contributed by atoms with Gasteiger partial charge in [-0.3, -0.25) is 9.59 Å². The number of hydrogen-bond donors (Lipinski definition) is 1. The quantitative estimate of drug-likeness (QED) is 0.909. The number of carbonyl (C=O) groups is 2. The van der Waals surface area contributed by atoms with Gasteiger partial charge in [-0.05, 0) is 25.3 Å². The molecule has 0 spiro atoms. The third-order valence-electron chi connectivity index (χ3n) is 3.81. The van der Waals surface area contributed by atoms with Gasteiger partial charge in [0.15, 0.2) is 0 Å². The first kappa shape index (κ1) is 14.6. The summed E-state index contributed by atoms with van der Waals surface area (Å²) in [5, 5.41) is 2.80. The fraction of sp³-hybridized carbons (Fsp3) is 0.500. The Morgan fingerprint density at radius 2 is 2.00 bits per heavy atom. The summed E-state index contributed by atoms with van der Waals surface area (Å²) in [6.45, 7) is 4.48. The molecule has 1 aliphatic heterocycles. The topological polar surface area (TPSA) is 49.4 Å². The maximum atomic E-state index is 12.5. The van der Waals surface area contributed by atoms with Gasteiger partial charge in [0, 0.05) is 19.0 Å². The van der Waals surface area contributed by atoms with E-state index in [1.54, 1.807) is 0 Å². The molecule has 1 aromatic rings. The minimum Gasteiger partial charge on any atom is -0.344 e. The third kappa shape index (κ3) is 3.38. The first-order valence-corrected chi connectivity index (χ1v) is 7.25. The number of carbonyl (C=O) groups excluding carboxylic acids is 2. The zero-order chi connectivity index (χ0) is 14.5. The molecule has 0 aromatic heterocycles. The van der Waals surface area contributed by atoms with Gasteiger partial charge in [0.1, 0.15) is 6.04 Å². The van der Waals surface area contributed by atoms with Gasteiger partial charge in [-0.1, -0.05) is 37.3 Å². The van der Waals surface area contributed by atoms with Crippen molar-refractivity contribution in [2.75, 3.05) is 6.54 Å². The minimum atomic E-state index is -0.372. The van der Waals surface area contributed by atoms with Crippen molar-refractivity contribution in [2.24, 2.45) is 0 Å². The van der Waals surface area contributed by atoms with Crippen molar-refractivity contribution in [3.8, 4) is 0 Å². The molecule has 1 saturated heterocycles. The molecule has 1 heterocycles. The summed E-state index contributed by atoms with van der Waals surface area (Å²) in [4.78, 5) is 25.9. The van der Waals surface area contributed by atoms with Gasteiger partial charge >= 0.3 is 0 Å². The summed E-state index contributed by atoms with van der Waals surface area (Å²) in [5.74, 6) is 0.0152. The van der Waals surface area contributed by atoms with Crippen LogP contribution in [0.25, 0.3) is 0 Å². The Morgan fingerprint density at radius 3 is 2.65 bits per heavy atom. The van der Waals surface area contributed by atoms with E-state index in [0.29, 0.717) is 19.4 Å². The average Bonchev–Trinajstić information content (AvgIpc) is 2.59. The van der Waals surface area contributed by atoms with E-state index in [-0.39, 0.29) is 23.9 Å². The van der Waals surface area contributed by atoms with Gasteiger partial charge in [0.25, 0.3) is 0 Å². The van der Waals surface area contributed by atoms with Crippen LogP contribution in [0.5, 0.6) is 0 Å². The van der Waals surface area contributed by atoms with E-state index in [0.717, 1.165) is 6.42 Å². The maximum Gasteiger partial charge on any atom is 0.245 e. The normalized spacial score (nSPS) is 21.3. The molecule has 1 aliphatic rings. The highest BCUT2D eigenvalue weighted by Gasteiger charge is 2.31. The molecular formula is C16H22N2O2. The van der Waals surface area contributed by atoms with E-state index in [1.807, 2.05) is 36.9 Å². The van der Waals surface area contributed by atoms with Crippen LogP contribution in [0.4, 0.5) is 0 Å². The zero-order valence-electron chi connectivity index (χ0n) is 12.1. The van der Waals surface area contributed by atoms with E-state index < -0.39 is 0 Å². The molecule has 1 N–H and O–H groups in total. The van der Waals surface area contributed by atoms with Crippen LogP contribution < -0.4 is 5.32 Å². The van der Waals surface area contributed by atoms with E-state index in [4.69, 9.17) is 0 Å². The second-order valence-electron chi connectivity index (χ2n) is 5.35. The van der Waals surface area contributed by atoms with Crippen molar-refractivity contribution in [3.63, 3.8) is 0 Å². The molecule has 2 atom stereocenters. The summed E-state index contributed by atoms with van der Waals surface area (Å²) in [5.41, 5.74) is 1.21. The molecule has 2 unspecified atom stereocenters. The molecule has 4 nitrogen and oxygen atoms in total. The molecule has 2 amide bonds. The number of benzene rings is 1. The van der Waals surface area contributed by atoms with Crippen molar-refractivity contribution >= 4 is 11.8 Å². The Labute approximate surface area is 120 Å². The van der Waals surface area contributed by atoms with Crippen molar-refractivity contribution in [2.45, 2.75) is 45.2 Å². The van der Waals surface area contributed by atoms with Crippen molar-refractivity contribution < 1.29 is 9.59 Å². The summed E-state index contributed by atoms with van der Waals surface area (Å²) in [7, 11) is 0. The fourth-order valence-corrected chi connectivity index (χ4v) is 2.64. The number of amides is 2. The molecule has 0 saturated carbocycles. The van der Waals surface area contributed by atoms with E-state index in [2.05, 4.69) is 17.4 Å². The van der Waals surface area contributed by atoms with Crippen LogP contribution in [0.15, 0.2) is 30.3 Å². The van der Waals surface area contributed by atoms with Gasteiger partial charge in [0.2, 0.25) is 11.8 Å². The van der Waals surface area contributed by atoms with Crippen molar-refractivity contribution in [1.29, 1.82) is 0 Å². The molecule has 1 aromatic carbocycles. The standard InChI is InChI=1S/C16H22N2O2/c1-3-14-16(20)18(10-9-15(19)17-14)12(2)11-13-7-5-4-6-8-13/h4-8,12,14H,3,9-11H2,1-2H3,(H,17,19). The van der Waals surface area contributed by atoms with Gasteiger partial charge in [0.05, 0.1) is 0 Å². The summed E-state index contributed by atoms with van der Waals surface area (Å²) < 4.78 is 0. The van der Waals surface area contributed by atoms with E-state index >= 15 is 0 Å². The van der Waals surface area contributed by atoms with Crippen LogP contribution in [0, 0.1) is 0 Å². The van der Waals surface area contributed by atoms with Crippen LogP contribution in [0.2, 0.25) is 0 Å². The molecule has 108 valence electrons. The number of rotatable bonds is 4. The van der Waals surface area contributed by atoms with Crippen LogP contribution >= 0.6 is 0 Å². The van der Waals surface area contributed by atoms with E-state index in [1.165, 1.54) is 5.56 Å². The number of nitrogens with zero attached hydrogens (tertiary/aromatic N) is 1. The molecule has 4 heteroatoms.